The molecule has 82 valence electrons. The number of carbonyl (C=O) groups is 1. The van der Waals surface area contributed by atoms with Crippen molar-refractivity contribution in [1.82, 2.24) is 0 Å². The van der Waals surface area contributed by atoms with E-state index in [-0.39, 0.29) is 12.4 Å². The van der Waals surface area contributed by atoms with Gasteiger partial charge >= 0.3 is 5.97 Å². The quantitative estimate of drug-likeness (QED) is 0.457. The Morgan fingerprint density at radius 1 is 1.40 bits per heavy atom. The van der Waals surface area contributed by atoms with Crippen molar-refractivity contribution < 1.29 is 19.0 Å². The molecule has 0 amide bonds. The molecule has 0 bridgehead atoms. The van der Waals surface area contributed by atoms with Crippen LogP contribution in [0.5, 0.6) is 5.75 Å². The molecule has 0 fully saturated rings. The average Bonchev–Trinajstić information content (AvgIpc) is 2.27. The van der Waals surface area contributed by atoms with Crippen molar-refractivity contribution in [3.63, 3.8) is 0 Å². The molecule has 5 heteroatoms. The summed E-state index contributed by atoms with van der Waals surface area (Å²) in [5.41, 5.74) is 6.24. The molecule has 0 saturated carbocycles. The molecule has 0 heterocycles. The lowest BCUT2D eigenvalue weighted by atomic mass is 10.2. The zero-order valence-electron chi connectivity index (χ0n) is 8.65. The second-order valence-corrected chi connectivity index (χ2v) is 2.79. The molecule has 0 spiro atoms. The fourth-order valence-electron chi connectivity index (χ4n) is 1.04. The van der Waals surface area contributed by atoms with E-state index in [1.54, 1.807) is 12.1 Å². The van der Waals surface area contributed by atoms with Gasteiger partial charge in [-0.05, 0) is 18.2 Å². The molecular formula is C10H13NO4. The lowest BCUT2D eigenvalue weighted by Crippen LogP contribution is -2.07. The van der Waals surface area contributed by atoms with Gasteiger partial charge in [0.15, 0.2) is 6.79 Å². The number of benzene rings is 1. The van der Waals surface area contributed by atoms with Crippen LogP contribution in [0.4, 0.5) is 5.69 Å². The van der Waals surface area contributed by atoms with Crippen molar-refractivity contribution in [1.29, 1.82) is 0 Å². The Kier molecular flexibility index (Phi) is 3.93. The zero-order chi connectivity index (χ0) is 11.3. The van der Waals surface area contributed by atoms with Gasteiger partial charge in [-0.15, -0.1) is 0 Å². The van der Waals surface area contributed by atoms with Crippen molar-refractivity contribution in [2.75, 3.05) is 26.7 Å². The van der Waals surface area contributed by atoms with Gasteiger partial charge in [0.05, 0.1) is 12.7 Å². The normalized spacial score (nSPS) is 9.73. The highest BCUT2D eigenvalue weighted by atomic mass is 16.7. The van der Waals surface area contributed by atoms with Crippen LogP contribution in [-0.4, -0.2) is 27.0 Å². The first kappa shape index (κ1) is 11.3. The largest absolute Gasteiger partial charge is 0.468 e. The molecular weight excluding hydrogens is 198 g/mol. The van der Waals surface area contributed by atoms with E-state index in [1.807, 2.05) is 0 Å². The van der Waals surface area contributed by atoms with Crippen molar-refractivity contribution in [3.05, 3.63) is 23.8 Å². The van der Waals surface area contributed by atoms with Gasteiger partial charge < -0.3 is 19.9 Å². The van der Waals surface area contributed by atoms with Crippen molar-refractivity contribution in [2.24, 2.45) is 0 Å². The highest BCUT2D eigenvalue weighted by Crippen LogP contribution is 2.20. The van der Waals surface area contributed by atoms with Crippen LogP contribution < -0.4 is 10.5 Å². The summed E-state index contributed by atoms with van der Waals surface area (Å²) in [6, 6.07) is 4.75. The highest BCUT2D eigenvalue weighted by molar-refractivity contribution is 5.95. The molecule has 1 aromatic rings. The summed E-state index contributed by atoms with van der Waals surface area (Å²) >= 11 is 0. The van der Waals surface area contributed by atoms with Gasteiger partial charge in [0.2, 0.25) is 0 Å². The summed E-state index contributed by atoms with van der Waals surface area (Å²) in [5.74, 6) is 0.0156. The maximum Gasteiger partial charge on any atom is 0.340 e. The van der Waals surface area contributed by atoms with E-state index in [0.717, 1.165) is 0 Å². The van der Waals surface area contributed by atoms with Gasteiger partial charge in [-0.1, -0.05) is 0 Å². The van der Waals surface area contributed by atoms with E-state index in [2.05, 4.69) is 4.74 Å². The summed E-state index contributed by atoms with van der Waals surface area (Å²) in [7, 11) is 2.81. The first-order valence-electron chi connectivity index (χ1n) is 4.28. The SMILES string of the molecule is COCOc1ccc(N)c(C(=O)OC)c1. The van der Waals surface area contributed by atoms with Crippen LogP contribution in [-0.2, 0) is 9.47 Å². The van der Waals surface area contributed by atoms with Crippen LogP contribution in [0.25, 0.3) is 0 Å². The number of ether oxygens (including phenoxy) is 3. The molecule has 0 atom stereocenters. The first-order chi connectivity index (χ1) is 7.19. The average molecular weight is 211 g/mol. The Morgan fingerprint density at radius 2 is 2.13 bits per heavy atom. The minimum atomic E-state index is -0.490. The molecule has 0 aromatic heterocycles. The number of methoxy groups -OCH3 is 2. The van der Waals surface area contributed by atoms with Gasteiger partial charge in [0.25, 0.3) is 0 Å². The minimum absolute atomic E-state index is 0.116. The van der Waals surface area contributed by atoms with Crippen LogP contribution in [0.1, 0.15) is 10.4 Å². The molecule has 0 saturated heterocycles. The fraction of sp³-hybridized carbons (Fsp3) is 0.300. The molecule has 15 heavy (non-hydrogen) atoms. The Hall–Kier alpha value is -1.75. The van der Waals surface area contributed by atoms with E-state index >= 15 is 0 Å². The number of esters is 1. The van der Waals surface area contributed by atoms with Gasteiger partial charge in [-0.3, -0.25) is 0 Å². The first-order valence-corrected chi connectivity index (χ1v) is 4.28. The highest BCUT2D eigenvalue weighted by Gasteiger charge is 2.10. The molecule has 0 aliphatic heterocycles. The van der Waals surface area contributed by atoms with Crippen molar-refractivity contribution in [2.45, 2.75) is 0 Å². The Balaban J connectivity index is 2.89. The standard InChI is InChI=1S/C10H13NO4/c1-13-6-15-7-3-4-9(11)8(5-7)10(12)14-2/h3-5H,6,11H2,1-2H3. The number of carbonyl (C=O) groups excluding carboxylic acids is 1. The van der Waals surface area contributed by atoms with Gasteiger partial charge in [0, 0.05) is 12.8 Å². The number of anilines is 1. The third-order valence-electron chi connectivity index (χ3n) is 1.77. The van der Waals surface area contributed by atoms with Crippen LogP contribution in [0.15, 0.2) is 18.2 Å². The maximum absolute atomic E-state index is 11.3. The smallest absolute Gasteiger partial charge is 0.340 e. The van der Waals surface area contributed by atoms with E-state index in [9.17, 15) is 4.79 Å². The summed E-state index contributed by atoms with van der Waals surface area (Å²) in [4.78, 5) is 11.3. The monoisotopic (exact) mass is 211 g/mol. The van der Waals surface area contributed by atoms with E-state index < -0.39 is 5.97 Å². The molecule has 0 aliphatic rings. The zero-order valence-corrected chi connectivity index (χ0v) is 8.65. The number of nitrogens with two attached hydrogens (primary N) is 1. The summed E-state index contributed by atoms with van der Waals surface area (Å²) < 4.78 is 14.5. The predicted octanol–water partition coefficient (Wildman–Crippen LogP) is 1.04. The number of rotatable bonds is 4. The summed E-state index contributed by atoms with van der Waals surface area (Å²) in [6.07, 6.45) is 0. The Labute approximate surface area is 87.7 Å². The van der Waals surface area contributed by atoms with Gasteiger partial charge in [0.1, 0.15) is 5.75 Å². The third kappa shape index (κ3) is 2.85. The summed E-state index contributed by atoms with van der Waals surface area (Å²) in [6.45, 7) is 0.116. The van der Waals surface area contributed by atoms with E-state index in [4.69, 9.17) is 15.2 Å². The topological polar surface area (TPSA) is 70.8 Å². The molecule has 0 aliphatic carbocycles. The van der Waals surface area contributed by atoms with Crippen molar-refractivity contribution >= 4 is 11.7 Å². The summed E-state index contributed by atoms with van der Waals surface area (Å²) in [5, 5.41) is 0. The molecule has 0 radical (unpaired) electrons. The lowest BCUT2D eigenvalue weighted by Gasteiger charge is -2.08. The van der Waals surface area contributed by atoms with Crippen LogP contribution in [0, 0.1) is 0 Å². The number of hydrogen-bond acceptors (Lipinski definition) is 5. The van der Waals surface area contributed by atoms with Crippen LogP contribution in [0.2, 0.25) is 0 Å². The lowest BCUT2D eigenvalue weighted by molar-refractivity contribution is 0.0504. The second-order valence-electron chi connectivity index (χ2n) is 2.79. The molecule has 5 nitrogen and oxygen atoms in total. The third-order valence-corrected chi connectivity index (χ3v) is 1.77. The molecule has 2 N–H and O–H groups in total. The minimum Gasteiger partial charge on any atom is -0.468 e. The fourth-order valence-corrected chi connectivity index (χ4v) is 1.04. The molecule has 1 aromatic carbocycles. The Morgan fingerprint density at radius 3 is 2.73 bits per heavy atom. The maximum atomic E-state index is 11.3. The van der Waals surface area contributed by atoms with E-state index in [0.29, 0.717) is 11.4 Å². The number of nitrogen functional groups attached to an aromatic ring is 1. The second kappa shape index (κ2) is 5.21. The van der Waals surface area contributed by atoms with Crippen LogP contribution in [0.3, 0.4) is 0 Å². The number of hydrogen-bond donors (Lipinski definition) is 1. The van der Waals surface area contributed by atoms with Crippen molar-refractivity contribution in [3.8, 4) is 5.75 Å². The Bertz CT molecular complexity index is 351. The van der Waals surface area contributed by atoms with Gasteiger partial charge in [-0.25, -0.2) is 4.79 Å². The van der Waals surface area contributed by atoms with Crippen LogP contribution >= 0.6 is 0 Å². The predicted molar refractivity (Wildman–Crippen MR) is 54.7 cm³/mol. The van der Waals surface area contributed by atoms with E-state index in [1.165, 1.54) is 20.3 Å². The van der Waals surface area contributed by atoms with Gasteiger partial charge in [-0.2, -0.15) is 0 Å². The molecule has 0 unspecified atom stereocenters. The molecule has 1 rings (SSSR count).